The lowest BCUT2D eigenvalue weighted by atomic mass is 9.80. The lowest BCUT2D eigenvalue weighted by molar-refractivity contribution is -0.0393. The van der Waals surface area contributed by atoms with Crippen LogP contribution in [0.4, 0.5) is 0 Å². The fourth-order valence-electron chi connectivity index (χ4n) is 4.15. The molecule has 0 aromatic heterocycles. The molecule has 0 atom stereocenters. The maximum Gasteiger partial charge on any atom is 0.143 e. The molecule has 3 aromatic rings. The second-order valence-corrected chi connectivity index (χ2v) is 8.68. The van der Waals surface area contributed by atoms with Crippen molar-refractivity contribution in [3.8, 4) is 0 Å². The van der Waals surface area contributed by atoms with Crippen LogP contribution in [0.15, 0.2) is 91.0 Å². The molecular weight excluding hydrogens is 496 g/mol. The van der Waals surface area contributed by atoms with Gasteiger partial charge in [-0.3, -0.25) is 0 Å². The van der Waals surface area contributed by atoms with Crippen LogP contribution < -0.4 is 0 Å². The van der Waals surface area contributed by atoms with Crippen LogP contribution in [0.5, 0.6) is 0 Å². The highest BCUT2D eigenvalue weighted by molar-refractivity contribution is 5.47. The van der Waals surface area contributed by atoms with Gasteiger partial charge in [0.25, 0.3) is 0 Å². The maximum absolute atomic E-state index is 6.70. The van der Waals surface area contributed by atoms with Gasteiger partial charge in [-0.15, -0.1) is 0 Å². The third kappa shape index (κ3) is 10.8. The van der Waals surface area contributed by atoms with E-state index >= 15 is 0 Å². The molecule has 0 spiro atoms. The summed E-state index contributed by atoms with van der Waals surface area (Å²) in [4.78, 5) is 0. The van der Waals surface area contributed by atoms with Crippen molar-refractivity contribution in [1.82, 2.24) is 0 Å². The van der Waals surface area contributed by atoms with Crippen LogP contribution in [0.25, 0.3) is 0 Å². The van der Waals surface area contributed by atoms with Gasteiger partial charge in [0.2, 0.25) is 0 Å². The molecule has 7 nitrogen and oxygen atoms in total. The predicted molar refractivity (Wildman–Crippen MR) is 151 cm³/mol. The zero-order valence-electron chi connectivity index (χ0n) is 23.0. The van der Waals surface area contributed by atoms with Crippen LogP contribution in [0.2, 0.25) is 0 Å². The molecule has 0 saturated carbocycles. The van der Waals surface area contributed by atoms with Crippen molar-refractivity contribution >= 4 is 0 Å². The molecular formula is C32H42O7. The molecule has 0 bridgehead atoms. The third-order valence-corrected chi connectivity index (χ3v) is 6.01. The summed E-state index contributed by atoms with van der Waals surface area (Å²) in [5, 5.41) is 0. The van der Waals surface area contributed by atoms with Gasteiger partial charge in [-0.1, -0.05) is 91.0 Å². The first-order valence-electron chi connectivity index (χ1n) is 13.6. The number of ether oxygens (including phenoxy) is 7. The summed E-state index contributed by atoms with van der Waals surface area (Å²) in [5.74, 6) is 0. The Morgan fingerprint density at radius 3 is 0.974 bits per heavy atom. The van der Waals surface area contributed by atoms with E-state index in [1.807, 2.05) is 54.6 Å². The summed E-state index contributed by atoms with van der Waals surface area (Å²) in [6.07, 6.45) is 0. The van der Waals surface area contributed by atoms with Crippen LogP contribution in [-0.2, 0) is 38.8 Å². The summed E-state index contributed by atoms with van der Waals surface area (Å²) >= 11 is 0. The highest BCUT2D eigenvalue weighted by Gasteiger charge is 2.37. The molecule has 0 saturated heterocycles. The Balaban J connectivity index is 1.34. The molecule has 7 heteroatoms. The van der Waals surface area contributed by atoms with Crippen molar-refractivity contribution in [2.75, 3.05) is 86.4 Å². The highest BCUT2D eigenvalue weighted by Crippen LogP contribution is 2.40. The van der Waals surface area contributed by atoms with Gasteiger partial charge in [0.1, 0.15) is 5.60 Å². The average molecular weight is 539 g/mol. The summed E-state index contributed by atoms with van der Waals surface area (Å²) in [6, 6.07) is 31.0. The Hall–Kier alpha value is -2.62. The molecule has 0 aliphatic rings. The summed E-state index contributed by atoms with van der Waals surface area (Å²) in [6.45, 7) is 6.26. The van der Waals surface area contributed by atoms with Crippen LogP contribution in [-0.4, -0.2) is 86.4 Å². The van der Waals surface area contributed by atoms with Gasteiger partial charge in [-0.25, -0.2) is 0 Å². The normalized spacial score (nSPS) is 11.6. The Morgan fingerprint density at radius 1 is 0.385 bits per heavy atom. The SMILES string of the molecule is COCCOCCOCCOCCOCCOCCOC(c1ccccc1)(c1ccccc1)c1ccccc1. The molecule has 0 fully saturated rings. The van der Waals surface area contributed by atoms with E-state index in [1.54, 1.807) is 7.11 Å². The largest absolute Gasteiger partial charge is 0.382 e. The number of rotatable bonds is 22. The number of hydrogen-bond donors (Lipinski definition) is 0. The van der Waals surface area contributed by atoms with E-state index in [9.17, 15) is 0 Å². The summed E-state index contributed by atoms with van der Waals surface area (Å²) in [7, 11) is 1.65. The van der Waals surface area contributed by atoms with Crippen molar-refractivity contribution in [2.45, 2.75) is 5.60 Å². The van der Waals surface area contributed by atoms with E-state index in [0.29, 0.717) is 79.3 Å². The molecule has 0 aliphatic carbocycles. The van der Waals surface area contributed by atoms with Crippen LogP contribution >= 0.6 is 0 Å². The van der Waals surface area contributed by atoms with E-state index in [2.05, 4.69) is 36.4 Å². The average Bonchev–Trinajstić information content (AvgIpc) is 3.00. The van der Waals surface area contributed by atoms with Crippen molar-refractivity contribution in [2.24, 2.45) is 0 Å². The molecule has 0 heterocycles. The molecule has 0 radical (unpaired) electrons. The molecule has 3 rings (SSSR count). The first-order valence-corrected chi connectivity index (χ1v) is 13.6. The van der Waals surface area contributed by atoms with Crippen LogP contribution in [0.1, 0.15) is 16.7 Å². The van der Waals surface area contributed by atoms with Crippen LogP contribution in [0, 0.1) is 0 Å². The third-order valence-electron chi connectivity index (χ3n) is 6.01. The smallest absolute Gasteiger partial charge is 0.143 e. The summed E-state index contributed by atoms with van der Waals surface area (Å²) < 4.78 is 39.3. The van der Waals surface area contributed by atoms with Gasteiger partial charge in [0.15, 0.2) is 0 Å². The predicted octanol–water partition coefficient (Wildman–Crippen LogP) is 4.72. The minimum Gasteiger partial charge on any atom is -0.382 e. The van der Waals surface area contributed by atoms with E-state index < -0.39 is 5.60 Å². The Labute approximate surface area is 232 Å². The lowest BCUT2D eigenvalue weighted by Gasteiger charge is -2.36. The standard InChI is InChI=1S/C32H42O7/c1-33-17-18-34-19-20-35-21-22-36-23-24-37-25-26-38-27-28-39-32(29-11-5-2-6-12-29,30-13-7-3-8-14-30)31-15-9-4-10-16-31/h2-16H,17-28H2,1H3. The number of benzene rings is 3. The highest BCUT2D eigenvalue weighted by atomic mass is 16.6. The second-order valence-electron chi connectivity index (χ2n) is 8.68. The maximum atomic E-state index is 6.70. The van der Waals surface area contributed by atoms with Crippen molar-refractivity contribution < 1.29 is 33.2 Å². The Bertz CT molecular complexity index is 873. The molecule has 3 aromatic carbocycles. The van der Waals surface area contributed by atoms with Gasteiger partial charge in [-0.2, -0.15) is 0 Å². The van der Waals surface area contributed by atoms with Gasteiger partial charge in [0.05, 0.1) is 79.3 Å². The summed E-state index contributed by atoms with van der Waals surface area (Å²) in [5.41, 5.74) is 2.49. The molecule has 0 N–H and O–H groups in total. The lowest BCUT2D eigenvalue weighted by Crippen LogP contribution is -2.34. The van der Waals surface area contributed by atoms with Crippen LogP contribution in [0.3, 0.4) is 0 Å². The fraction of sp³-hybridized carbons (Fsp3) is 0.438. The first kappa shape index (κ1) is 30.9. The van der Waals surface area contributed by atoms with Gasteiger partial charge >= 0.3 is 0 Å². The van der Waals surface area contributed by atoms with Crippen molar-refractivity contribution in [1.29, 1.82) is 0 Å². The zero-order chi connectivity index (χ0) is 27.3. The van der Waals surface area contributed by atoms with Gasteiger partial charge in [-0.05, 0) is 16.7 Å². The molecule has 0 unspecified atom stereocenters. The molecule has 212 valence electrons. The second kappa shape index (κ2) is 19.4. The minimum atomic E-state index is -0.734. The van der Waals surface area contributed by atoms with Gasteiger partial charge in [0, 0.05) is 7.11 Å². The number of hydrogen-bond acceptors (Lipinski definition) is 7. The van der Waals surface area contributed by atoms with Crippen molar-refractivity contribution in [3.63, 3.8) is 0 Å². The van der Waals surface area contributed by atoms with Crippen molar-refractivity contribution in [3.05, 3.63) is 108 Å². The van der Waals surface area contributed by atoms with E-state index in [0.717, 1.165) is 16.7 Å². The first-order chi connectivity index (χ1) is 19.4. The zero-order valence-corrected chi connectivity index (χ0v) is 23.0. The topological polar surface area (TPSA) is 64.6 Å². The molecule has 0 aliphatic heterocycles. The fourth-order valence-corrected chi connectivity index (χ4v) is 4.15. The van der Waals surface area contributed by atoms with E-state index in [4.69, 9.17) is 33.2 Å². The van der Waals surface area contributed by atoms with E-state index in [1.165, 1.54) is 0 Å². The number of methoxy groups -OCH3 is 1. The minimum absolute atomic E-state index is 0.430. The monoisotopic (exact) mass is 538 g/mol. The Morgan fingerprint density at radius 2 is 0.667 bits per heavy atom. The quantitative estimate of drug-likeness (QED) is 0.135. The van der Waals surface area contributed by atoms with E-state index in [-0.39, 0.29) is 0 Å². The van der Waals surface area contributed by atoms with Gasteiger partial charge < -0.3 is 33.2 Å². The molecule has 0 amide bonds. The Kier molecular flexibility index (Phi) is 15.4. The molecule has 39 heavy (non-hydrogen) atoms.